The van der Waals surface area contributed by atoms with Crippen molar-refractivity contribution in [2.24, 2.45) is 5.73 Å². The molecule has 0 bridgehead atoms. The zero-order chi connectivity index (χ0) is 18.5. The van der Waals surface area contributed by atoms with Crippen LogP contribution in [0.3, 0.4) is 0 Å². The van der Waals surface area contributed by atoms with Gasteiger partial charge in [0.05, 0.1) is 41.3 Å². The fourth-order valence-corrected chi connectivity index (χ4v) is 3.41. The van der Waals surface area contributed by atoms with Gasteiger partial charge in [0, 0.05) is 13.1 Å². The van der Waals surface area contributed by atoms with Gasteiger partial charge in [-0.25, -0.2) is 0 Å². The number of piperidine rings is 2. The molecule has 26 heavy (non-hydrogen) atoms. The zero-order valence-corrected chi connectivity index (χ0v) is 24.4. The number of rotatable bonds is 5. The third kappa shape index (κ3) is 18.1. The molecule has 7 heteroatoms. The molecular weight excluding hydrogens is 665 g/mol. The summed E-state index contributed by atoms with van der Waals surface area (Å²) >= 11 is 2.15. The summed E-state index contributed by atoms with van der Waals surface area (Å²) in [6.45, 7) is 9.93. The van der Waals surface area contributed by atoms with Gasteiger partial charge in [0.25, 0.3) is 0 Å². The third-order valence-electron chi connectivity index (χ3n) is 5.10. The minimum atomic E-state index is 0. The molecular formula is C19H45I3N4. The quantitative estimate of drug-likeness (QED) is 0.186. The van der Waals surface area contributed by atoms with Crippen molar-refractivity contribution in [1.29, 1.82) is 0 Å². The smallest absolute Gasteiger partial charge is 0.128 e. The van der Waals surface area contributed by atoms with Gasteiger partial charge in [0.1, 0.15) is 13.1 Å². The highest BCUT2D eigenvalue weighted by Crippen LogP contribution is 2.16. The normalized spacial score (nSPS) is 19.5. The van der Waals surface area contributed by atoms with Crippen LogP contribution in [0.15, 0.2) is 0 Å². The summed E-state index contributed by atoms with van der Waals surface area (Å²) in [7, 11) is 9.29. The Hall–Kier alpha value is 2.03. The maximum atomic E-state index is 5.42. The molecule has 0 aromatic rings. The number of halogens is 3. The molecule has 2 aliphatic heterocycles. The third-order valence-corrected chi connectivity index (χ3v) is 5.10. The Morgan fingerprint density at radius 3 is 1.77 bits per heavy atom. The van der Waals surface area contributed by atoms with E-state index in [9.17, 15) is 0 Å². The van der Waals surface area contributed by atoms with Gasteiger partial charge in [-0.15, -0.1) is 0 Å². The molecule has 4 nitrogen and oxygen atoms in total. The van der Waals surface area contributed by atoms with Crippen LogP contribution in [0.5, 0.6) is 0 Å². The van der Waals surface area contributed by atoms with Crippen molar-refractivity contribution in [1.82, 2.24) is 4.90 Å². The summed E-state index contributed by atoms with van der Waals surface area (Å²) in [4.78, 5) is 4.42. The predicted molar refractivity (Wildman–Crippen MR) is 117 cm³/mol. The van der Waals surface area contributed by atoms with E-state index in [0.29, 0.717) is 0 Å². The largest absolute Gasteiger partial charge is 1.00 e. The van der Waals surface area contributed by atoms with E-state index in [1.165, 1.54) is 82.3 Å². The van der Waals surface area contributed by atoms with Crippen LogP contribution in [0.4, 0.5) is 0 Å². The number of hydrogen-bond acceptors (Lipinski definition) is 2. The Morgan fingerprint density at radius 2 is 1.35 bits per heavy atom. The average Bonchev–Trinajstić information content (AvgIpc) is 2.57. The van der Waals surface area contributed by atoms with E-state index in [-0.39, 0.29) is 48.0 Å². The predicted octanol–water partition coefficient (Wildman–Crippen LogP) is -3.19. The first-order chi connectivity index (χ1) is 11.3. The molecule has 2 N–H and O–H groups in total. The molecule has 2 rings (SSSR count). The molecule has 2 aliphatic rings. The second-order valence-corrected chi connectivity index (χ2v) is 8.56. The fourth-order valence-electron chi connectivity index (χ4n) is 3.41. The van der Waals surface area contributed by atoms with Crippen molar-refractivity contribution in [3.8, 4) is 0 Å². The SMILES string of the molecule is CI.C[N+](C)(C)CC[N+]1(C)CCCCC1.NCCN1CCCCC1.[I-].[I-]. The Kier molecular flexibility index (Phi) is 23.9. The van der Waals surface area contributed by atoms with Crippen molar-refractivity contribution < 1.29 is 56.9 Å². The number of likely N-dealkylation sites (tertiary alicyclic amines) is 2. The standard InChI is InChI=1S/C11H26N2.C7H16N2.CH3I.2HI/c1-12(2,3)10-11-13(4)8-6-5-7-9-13;8-4-7-9-5-2-1-3-6-9;1-2;;/h5-11H2,1-4H3;1-8H2;1H3;2*1H/q+2;;;;/p-2. The second kappa shape index (κ2) is 19.0. The van der Waals surface area contributed by atoms with Gasteiger partial charge in [-0.3, -0.25) is 0 Å². The minimum Gasteiger partial charge on any atom is -1.00 e. The van der Waals surface area contributed by atoms with E-state index < -0.39 is 0 Å². The minimum absolute atomic E-state index is 0. The van der Waals surface area contributed by atoms with Crippen LogP contribution in [0.1, 0.15) is 38.5 Å². The Labute approximate surface area is 212 Å². The Balaban J connectivity index is -0.000000361. The first-order valence-corrected chi connectivity index (χ1v) is 11.9. The zero-order valence-electron chi connectivity index (χ0n) is 18.0. The molecule has 0 amide bonds. The molecule has 0 atom stereocenters. The fraction of sp³-hybridized carbons (Fsp3) is 1.00. The van der Waals surface area contributed by atoms with Gasteiger partial charge in [0.15, 0.2) is 0 Å². The monoisotopic (exact) mass is 710 g/mol. The van der Waals surface area contributed by atoms with E-state index in [4.69, 9.17) is 5.73 Å². The van der Waals surface area contributed by atoms with Crippen LogP contribution < -0.4 is 53.7 Å². The van der Waals surface area contributed by atoms with Crippen LogP contribution in [0.2, 0.25) is 0 Å². The van der Waals surface area contributed by atoms with Gasteiger partial charge in [0.2, 0.25) is 0 Å². The molecule has 0 aliphatic carbocycles. The number of alkyl halides is 1. The van der Waals surface area contributed by atoms with E-state index >= 15 is 0 Å². The highest BCUT2D eigenvalue weighted by molar-refractivity contribution is 14.1. The van der Waals surface area contributed by atoms with Crippen molar-refractivity contribution >= 4 is 22.6 Å². The summed E-state index contributed by atoms with van der Waals surface area (Å²) < 4.78 is 2.42. The van der Waals surface area contributed by atoms with Gasteiger partial charge < -0.3 is 67.6 Å². The topological polar surface area (TPSA) is 29.3 Å². The van der Waals surface area contributed by atoms with E-state index in [0.717, 1.165) is 17.6 Å². The molecule has 0 radical (unpaired) electrons. The summed E-state index contributed by atoms with van der Waals surface area (Å²) in [5.41, 5.74) is 5.42. The summed E-state index contributed by atoms with van der Waals surface area (Å²) in [6.07, 6.45) is 8.50. The Morgan fingerprint density at radius 1 is 0.885 bits per heavy atom. The van der Waals surface area contributed by atoms with Gasteiger partial charge in [-0.1, -0.05) is 29.0 Å². The molecule has 0 aromatic heterocycles. The number of nitrogens with two attached hydrogens (primary N) is 1. The molecule has 0 aromatic carbocycles. The second-order valence-electron chi connectivity index (χ2n) is 8.56. The summed E-state index contributed by atoms with van der Waals surface area (Å²) in [5.74, 6) is 0. The number of nitrogens with zero attached hydrogens (tertiary/aromatic N) is 3. The first-order valence-electron chi connectivity index (χ1n) is 9.79. The molecule has 2 fully saturated rings. The van der Waals surface area contributed by atoms with Gasteiger partial charge >= 0.3 is 0 Å². The van der Waals surface area contributed by atoms with Crippen molar-refractivity contribution in [2.45, 2.75) is 38.5 Å². The van der Waals surface area contributed by atoms with Crippen LogP contribution in [0.25, 0.3) is 0 Å². The lowest BCUT2D eigenvalue weighted by Crippen LogP contribution is -3.00. The molecule has 0 spiro atoms. The molecule has 2 saturated heterocycles. The number of hydrogen-bond donors (Lipinski definition) is 1. The van der Waals surface area contributed by atoms with Crippen LogP contribution >= 0.6 is 22.6 Å². The molecule has 0 unspecified atom stereocenters. The lowest BCUT2D eigenvalue weighted by Gasteiger charge is -2.39. The van der Waals surface area contributed by atoms with Crippen molar-refractivity contribution in [2.75, 3.05) is 85.5 Å². The van der Waals surface area contributed by atoms with Crippen molar-refractivity contribution in [3.05, 3.63) is 0 Å². The van der Waals surface area contributed by atoms with Crippen LogP contribution in [0, 0.1) is 0 Å². The maximum absolute atomic E-state index is 5.42. The van der Waals surface area contributed by atoms with E-state index in [2.05, 4.69) is 55.7 Å². The van der Waals surface area contributed by atoms with Crippen LogP contribution in [-0.2, 0) is 0 Å². The maximum Gasteiger partial charge on any atom is 0.128 e. The highest BCUT2D eigenvalue weighted by atomic mass is 127. The summed E-state index contributed by atoms with van der Waals surface area (Å²) in [6, 6.07) is 0. The highest BCUT2D eigenvalue weighted by Gasteiger charge is 2.26. The number of likely N-dealkylation sites (N-methyl/N-ethyl adjacent to an activating group) is 2. The lowest BCUT2D eigenvalue weighted by atomic mass is 10.1. The van der Waals surface area contributed by atoms with E-state index in [1.54, 1.807) is 0 Å². The number of quaternary nitrogens is 2. The van der Waals surface area contributed by atoms with Gasteiger partial charge in [-0.05, 0) is 50.1 Å². The average molecular weight is 710 g/mol. The summed E-state index contributed by atoms with van der Waals surface area (Å²) in [5, 5.41) is 0. The first kappa shape index (κ1) is 32.7. The van der Waals surface area contributed by atoms with E-state index in [1.807, 2.05) is 4.93 Å². The van der Waals surface area contributed by atoms with Gasteiger partial charge in [-0.2, -0.15) is 0 Å². The Bertz CT molecular complexity index is 284. The lowest BCUT2D eigenvalue weighted by molar-refractivity contribution is -0.951. The van der Waals surface area contributed by atoms with Crippen molar-refractivity contribution in [3.63, 3.8) is 0 Å². The molecule has 162 valence electrons. The molecule has 2 heterocycles. The van der Waals surface area contributed by atoms with Crippen LogP contribution in [-0.4, -0.2) is 99.3 Å². The molecule has 0 saturated carbocycles.